The summed E-state index contributed by atoms with van der Waals surface area (Å²) in [6, 6.07) is 11.1. The smallest absolute Gasteiger partial charge is 0.352 e. The van der Waals surface area contributed by atoms with Gasteiger partial charge in [-0.2, -0.15) is 0 Å². The molecule has 0 aliphatic carbocycles. The molecule has 0 aliphatic rings. The fourth-order valence-corrected chi connectivity index (χ4v) is 1.93. The molecule has 0 aliphatic heterocycles. The van der Waals surface area contributed by atoms with Crippen molar-refractivity contribution in [1.29, 1.82) is 0 Å². The van der Waals surface area contributed by atoms with Crippen molar-refractivity contribution >= 4 is 16.9 Å². The van der Waals surface area contributed by atoms with Crippen molar-refractivity contribution in [2.45, 2.75) is 6.92 Å². The van der Waals surface area contributed by atoms with Gasteiger partial charge in [-0.1, -0.05) is 12.1 Å². The molecule has 0 saturated heterocycles. The predicted molar refractivity (Wildman–Crippen MR) is 67.7 cm³/mol. The quantitative estimate of drug-likeness (QED) is 0.722. The first kappa shape index (κ1) is 10.7. The van der Waals surface area contributed by atoms with E-state index < -0.39 is 5.97 Å². The standard InChI is InChI=1S/C14H11NO3/c1-8-2-3-9-7-13(18-12(9)6-8)10-4-5-11(15-10)14(16)17/h2-7,15H,1H3,(H,16,17). The number of carboxylic acids is 1. The first-order valence-electron chi connectivity index (χ1n) is 5.56. The van der Waals surface area contributed by atoms with Gasteiger partial charge >= 0.3 is 5.97 Å². The number of nitrogens with one attached hydrogen (secondary N) is 1. The van der Waals surface area contributed by atoms with Gasteiger partial charge in [-0.25, -0.2) is 4.79 Å². The summed E-state index contributed by atoms with van der Waals surface area (Å²) in [5.74, 6) is -0.337. The van der Waals surface area contributed by atoms with Crippen molar-refractivity contribution < 1.29 is 14.3 Å². The van der Waals surface area contributed by atoms with Crippen LogP contribution < -0.4 is 0 Å². The number of benzene rings is 1. The number of hydrogen-bond acceptors (Lipinski definition) is 2. The van der Waals surface area contributed by atoms with E-state index in [1.54, 1.807) is 6.07 Å². The zero-order valence-corrected chi connectivity index (χ0v) is 9.73. The lowest BCUT2D eigenvalue weighted by Gasteiger charge is -1.91. The first-order valence-corrected chi connectivity index (χ1v) is 5.56. The maximum absolute atomic E-state index is 10.8. The Hall–Kier alpha value is -2.49. The molecule has 0 spiro atoms. The predicted octanol–water partition coefficient (Wildman–Crippen LogP) is 3.43. The largest absolute Gasteiger partial charge is 0.477 e. The maximum atomic E-state index is 10.8. The minimum Gasteiger partial charge on any atom is -0.477 e. The highest BCUT2D eigenvalue weighted by Crippen LogP contribution is 2.27. The maximum Gasteiger partial charge on any atom is 0.352 e. The van der Waals surface area contributed by atoms with Gasteiger partial charge in [0, 0.05) is 5.39 Å². The highest BCUT2D eigenvalue weighted by molar-refractivity contribution is 5.87. The average molecular weight is 241 g/mol. The van der Waals surface area contributed by atoms with Gasteiger partial charge in [-0.3, -0.25) is 0 Å². The van der Waals surface area contributed by atoms with Crippen LogP contribution >= 0.6 is 0 Å². The van der Waals surface area contributed by atoms with E-state index in [1.807, 2.05) is 31.2 Å². The number of aryl methyl sites for hydroxylation is 1. The van der Waals surface area contributed by atoms with Crippen molar-refractivity contribution in [2.24, 2.45) is 0 Å². The van der Waals surface area contributed by atoms with Crippen molar-refractivity contribution in [3.63, 3.8) is 0 Å². The molecule has 0 saturated carbocycles. The fourth-order valence-electron chi connectivity index (χ4n) is 1.93. The van der Waals surface area contributed by atoms with Crippen LogP contribution in [0.2, 0.25) is 0 Å². The van der Waals surface area contributed by atoms with E-state index in [9.17, 15) is 4.79 Å². The molecule has 0 amide bonds. The van der Waals surface area contributed by atoms with Crippen molar-refractivity contribution in [3.8, 4) is 11.5 Å². The molecule has 1 aromatic carbocycles. The second-order valence-electron chi connectivity index (χ2n) is 4.24. The lowest BCUT2D eigenvalue weighted by molar-refractivity contribution is 0.0691. The molecule has 90 valence electrons. The normalized spacial score (nSPS) is 10.9. The lowest BCUT2D eigenvalue weighted by atomic mass is 10.2. The molecule has 0 fully saturated rings. The number of carboxylic acid groups (broad SMARTS) is 1. The Labute approximate surface area is 103 Å². The summed E-state index contributed by atoms with van der Waals surface area (Å²) in [6.45, 7) is 2.00. The molecule has 2 N–H and O–H groups in total. The lowest BCUT2D eigenvalue weighted by Crippen LogP contribution is -1.95. The molecule has 0 atom stereocenters. The van der Waals surface area contributed by atoms with E-state index in [1.165, 1.54) is 6.07 Å². The Kier molecular flexibility index (Phi) is 2.23. The van der Waals surface area contributed by atoms with Gasteiger partial charge < -0.3 is 14.5 Å². The summed E-state index contributed by atoms with van der Waals surface area (Å²) < 4.78 is 5.70. The summed E-state index contributed by atoms with van der Waals surface area (Å²) in [5.41, 5.74) is 2.75. The minimum absolute atomic E-state index is 0.154. The van der Waals surface area contributed by atoms with Crippen LogP contribution in [0.4, 0.5) is 0 Å². The van der Waals surface area contributed by atoms with Crippen LogP contribution in [-0.4, -0.2) is 16.1 Å². The number of aromatic carboxylic acids is 1. The zero-order valence-electron chi connectivity index (χ0n) is 9.73. The van der Waals surface area contributed by atoms with Gasteiger partial charge in [0.2, 0.25) is 0 Å². The number of aromatic nitrogens is 1. The molecule has 3 rings (SSSR count). The van der Waals surface area contributed by atoms with Crippen LogP contribution in [-0.2, 0) is 0 Å². The molecular weight excluding hydrogens is 230 g/mol. The number of H-pyrrole nitrogens is 1. The van der Waals surface area contributed by atoms with Gasteiger partial charge in [0.25, 0.3) is 0 Å². The first-order chi connectivity index (χ1) is 8.63. The van der Waals surface area contributed by atoms with Crippen LogP contribution in [0.25, 0.3) is 22.4 Å². The third-order valence-corrected chi connectivity index (χ3v) is 2.86. The van der Waals surface area contributed by atoms with Crippen LogP contribution in [0.5, 0.6) is 0 Å². The number of fused-ring (bicyclic) bond motifs is 1. The van der Waals surface area contributed by atoms with Gasteiger partial charge in [0.1, 0.15) is 11.3 Å². The molecule has 18 heavy (non-hydrogen) atoms. The zero-order chi connectivity index (χ0) is 12.7. The third-order valence-electron chi connectivity index (χ3n) is 2.86. The summed E-state index contributed by atoms with van der Waals surface area (Å²) in [5, 5.41) is 9.86. The van der Waals surface area contributed by atoms with E-state index in [0.29, 0.717) is 11.5 Å². The van der Waals surface area contributed by atoms with E-state index in [4.69, 9.17) is 9.52 Å². The number of hydrogen-bond donors (Lipinski definition) is 2. The van der Waals surface area contributed by atoms with E-state index in [-0.39, 0.29) is 5.69 Å². The number of carbonyl (C=O) groups is 1. The van der Waals surface area contributed by atoms with Gasteiger partial charge in [-0.15, -0.1) is 0 Å². The molecule has 2 aromatic heterocycles. The Morgan fingerprint density at radius 1 is 1.22 bits per heavy atom. The third kappa shape index (κ3) is 1.68. The van der Waals surface area contributed by atoms with Crippen molar-refractivity contribution in [3.05, 3.63) is 47.7 Å². The Balaban J connectivity index is 2.10. The van der Waals surface area contributed by atoms with Crippen LogP contribution in [0.3, 0.4) is 0 Å². The molecular formula is C14H11NO3. The number of rotatable bonds is 2. The summed E-state index contributed by atoms with van der Waals surface area (Å²) in [7, 11) is 0. The molecule has 4 heteroatoms. The second-order valence-corrected chi connectivity index (χ2v) is 4.24. The van der Waals surface area contributed by atoms with E-state index >= 15 is 0 Å². The number of aromatic amines is 1. The summed E-state index contributed by atoms with van der Waals surface area (Å²) >= 11 is 0. The second kappa shape index (κ2) is 3.77. The average Bonchev–Trinajstić information content (AvgIpc) is 2.93. The molecule has 0 radical (unpaired) electrons. The SMILES string of the molecule is Cc1ccc2cc(-c3ccc(C(=O)O)[nH]3)oc2c1. The van der Waals surface area contributed by atoms with Gasteiger partial charge in [0.05, 0.1) is 5.69 Å². The Morgan fingerprint density at radius 3 is 2.78 bits per heavy atom. The minimum atomic E-state index is -0.979. The highest BCUT2D eigenvalue weighted by Gasteiger charge is 2.11. The van der Waals surface area contributed by atoms with Gasteiger partial charge in [-0.05, 0) is 36.8 Å². The van der Waals surface area contributed by atoms with Crippen LogP contribution in [0.1, 0.15) is 16.1 Å². The van der Waals surface area contributed by atoms with Crippen LogP contribution in [0, 0.1) is 6.92 Å². The summed E-state index contributed by atoms with van der Waals surface area (Å²) in [6.07, 6.45) is 0. The van der Waals surface area contributed by atoms with Gasteiger partial charge in [0.15, 0.2) is 5.76 Å². The van der Waals surface area contributed by atoms with Crippen molar-refractivity contribution in [2.75, 3.05) is 0 Å². The molecule has 0 bridgehead atoms. The Bertz CT molecular complexity index is 736. The summed E-state index contributed by atoms with van der Waals surface area (Å²) in [4.78, 5) is 13.6. The van der Waals surface area contributed by atoms with Crippen LogP contribution in [0.15, 0.2) is 40.8 Å². The molecule has 4 nitrogen and oxygen atoms in total. The molecule has 0 unspecified atom stereocenters. The Morgan fingerprint density at radius 2 is 2.06 bits per heavy atom. The monoisotopic (exact) mass is 241 g/mol. The van der Waals surface area contributed by atoms with Crippen molar-refractivity contribution in [1.82, 2.24) is 4.98 Å². The highest BCUT2D eigenvalue weighted by atomic mass is 16.4. The molecule has 3 aromatic rings. The van der Waals surface area contributed by atoms with E-state index in [2.05, 4.69) is 4.98 Å². The van der Waals surface area contributed by atoms with E-state index in [0.717, 1.165) is 16.5 Å². The fraction of sp³-hybridized carbons (Fsp3) is 0.0714. The topological polar surface area (TPSA) is 66.2 Å². The number of furan rings is 1. The molecule has 2 heterocycles.